The summed E-state index contributed by atoms with van der Waals surface area (Å²) in [5, 5.41) is 327. The number of nitrogens with one attached hydrogen (secondary N) is 5. The van der Waals surface area contributed by atoms with Gasteiger partial charge in [0.05, 0.1) is 71.7 Å². The van der Waals surface area contributed by atoms with Crippen LogP contribution in [0.2, 0.25) is 0 Å². The first kappa shape index (κ1) is 111. The third-order valence-electron chi connectivity index (χ3n) is 24.9. The Balaban J connectivity index is 0.878. The number of ether oxygens (including phenoxy) is 21. The topological polar surface area (TPSA) is 906 Å². The minimum atomic E-state index is -2.60. The van der Waals surface area contributed by atoms with Gasteiger partial charge in [-0.25, -0.2) is 0 Å². The number of aliphatic hydroxyl groups is 28. The fourth-order valence-electron chi connectivity index (χ4n) is 17.6. The third kappa shape index (κ3) is 24.7. The lowest BCUT2D eigenvalue weighted by Crippen LogP contribution is -2.71. The minimum Gasteiger partial charge on any atom is -0.394 e. The Hall–Kier alpha value is -4.61. The standard InChI is InChI=1S/C76H127N5O54/c1-17-38(94)49(105)54(110)71(117-17)134-64-51(107)41(97)25(9-83)121-75(64)130-59-28(12-86)124-67(35(47(59)103)79-21(5)91)115-15-31-43(99)62(37(66(114)119-31)81-23(7)93)132-74-57(113)63(133-70-36(80-22(6)92)48(104)60(29(13-87)125-70)131-76-65(52(108)42(98)26(10-84)122-76)135-72-55(111)50(106)39(95)18(2)118-72)44(100)32(127-74)16-116-68-34(78-20(4)90)46(102)58(27(11-85)123-68)129-73-56(112)53(109)61(30(14-88)126-73)128-69-33(77-19(3)89)45(101)40(96)24(8-82)120-69/h17-18,24-76,82-88,94-114H,8-16H2,1-7H3,(H,77,89)(H,78,90)(H,79,91)(H,80,92)(H,81,93)/t17-,18-,24+,25+,26+,27+,28+,29+,30+,31+,32+,33+,34+,35+,36+,37+,38+,39+,40+,41-,42-,43-,44-,45+,46+,47+,48+,49+,50+,51-,52-,53+,54-,55-,56+,57+,58+,59+,60+,61-,62+,63-,64+,65+,66-,67+,68+,69+,70-,71-,72-,73-,74-,75-,76-/m0/s1. The van der Waals surface area contributed by atoms with Gasteiger partial charge in [0.25, 0.3) is 0 Å². The van der Waals surface area contributed by atoms with Crippen LogP contribution in [-0.2, 0) is 123 Å². The van der Waals surface area contributed by atoms with Crippen LogP contribution < -0.4 is 26.6 Å². The first-order chi connectivity index (χ1) is 63.8. The lowest BCUT2D eigenvalue weighted by Gasteiger charge is -2.51. The molecule has 11 aliphatic heterocycles. The molecule has 0 spiro atoms. The van der Waals surface area contributed by atoms with E-state index in [1.807, 2.05) is 0 Å². The number of amides is 5. The van der Waals surface area contributed by atoms with Gasteiger partial charge in [0.1, 0.15) is 256 Å². The van der Waals surface area contributed by atoms with Gasteiger partial charge >= 0.3 is 0 Å². The van der Waals surface area contributed by atoms with E-state index in [4.69, 9.17) is 99.5 Å². The second kappa shape index (κ2) is 48.2. The second-order valence-electron chi connectivity index (χ2n) is 34.5. The molecule has 55 atom stereocenters. The lowest BCUT2D eigenvalue weighted by atomic mass is 9.93. The van der Waals surface area contributed by atoms with Crippen LogP contribution in [0.1, 0.15) is 48.5 Å². The Bertz CT molecular complexity index is 3750. The normalized spacial score (nSPS) is 49.5. The molecular weight excluding hydrogens is 1850 g/mol. The van der Waals surface area contributed by atoms with Gasteiger partial charge in [-0.3, -0.25) is 24.0 Å². The van der Waals surface area contributed by atoms with Gasteiger partial charge in [-0.1, -0.05) is 0 Å². The molecule has 59 heteroatoms. The molecule has 0 aromatic heterocycles. The Morgan fingerprint density at radius 1 is 0.207 bits per heavy atom. The van der Waals surface area contributed by atoms with Crippen LogP contribution in [0, 0.1) is 0 Å². The number of aliphatic hydroxyl groups excluding tert-OH is 28. The zero-order chi connectivity index (χ0) is 99.4. The quantitative estimate of drug-likeness (QED) is 0.0284. The predicted molar refractivity (Wildman–Crippen MR) is 417 cm³/mol. The van der Waals surface area contributed by atoms with E-state index in [2.05, 4.69) is 26.6 Å². The van der Waals surface area contributed by atoms with Crippen molar-refractivity contribution >= 4 is 29.5 Å². The highest BCUT2D eigenvalue weighted by atomic mass is 16.8. The molecule has 0 aromatic rings. The van der Waals surface area contributed by atoms with Crippen LogP contribution in [0.5, 0.6) is 0 Å². The van der Waals surface area contributed by atoms with Gasteiger partial charge in [0.15, 0.2) is 69.2 Å². The summed E-state index contributed by atoms with van der Waals surface area (Å²) in [6.07, 6.45) is -101. The van der Waals surface area contributed by atoms with E-state index in [-0.39, 0.29) is 0 Å². The van der Waals surface area contributed by atoms with E-state index in [1.165, 1.54) is 13.8 Å². The van der Waals surface area contributed by atoms with E-state index in [0.717, 1.165) is 34.6 Å². The number of carbonyl (C=O) groups is 5. The molecule has 0 aliphatic carbocycles. The Kier molecular flexibility index (Phi) is 39.5. The maximum atomic E-state index is 13.4. The molecule has 0 aromatic carbocycles. The molecule has 135 heavy (non-hydrogen) atoms. The lowest BCUT2D eigenvalue weighted by molar-refractivity contribution is -0.391. The average Bonchev–Trinajstić information content (AvgIpc) is 0.766. The van der Waals surface area contributed by atoms with Crippen LogP contribution in [0.15, 0.2) is 0 Å². The average molecular weight is 1970 g/mol. The molecule has 11 rings (SSSR count). The van der Waals surface area contributed by atoms with Gasteiger partial charge in [0.2, 0.25) is 29.5 Å². The van der Waals surface area contributed by atoms with Crippen molar-refractivity contribution in [3.63, 3.8) is 0 Å². The van der Waals surface area contributed by atoms with Crippen molar-refractivity contribution in [3.8, 4) is 0 Å². The molecule has 0 saturated carbocycles. The molecule has 0 radical (unpaired) electrons. The van der Waals surface area contributed by atoms with Gasteiger partial charge < -0.3 is 269 Å². The van der Waals surface area contributed by atoms with Crippen molar-refractivity contribution in [3.05, 3.63) is 0 Å². The second-order valence-corrected chi connectivity index (χ2v) is 34.5. The Morgan fingerprint density at radius 2 is 0.452 bits per heavy atom. The summed E-state index contributed by atoms with van der Waals surface area (Å²) >= 11 is 0. The van der Waals surface area contributed by atoms with Crippen molar-refractivity contribution in [2.75, 3.05) is 59.5 Å². The van der Waals surface area contributed by atoms with Crippen LogP contribution in [0.3, 0.4) is 0 Å². The van der Waals surface area contributed by atoms with Crippen LogP contribution in [-0.4, -0.2) is 569 Å². The van der Waals surface area contributed by atoms with Crippen LogP contribution >= 0.6 is 0 Å². The monoisotopic (exact) mass is 1970 g/mol. The molecule has 33 N–H and O–H groups in total. The zero-order valence-electron chi connectivity index (χ0n) is 73.3. The smallest absolute Gasteiger partial charge is 0.217 e. The highest BCUT2D eigenvalue weighted by molar-refractivity contribution is 5.75. The van der Waals surface area contributed by atoms with Gasteiger partial charge in [-0.2, -0.15) is 0 Å². The highest BCUT2D eigenvalue weighted by Crippen LogP contribution is 2.42. The number of rotatable bonds is 34. The van der Waals surface area contributed by atoms with Crippen molar-refractivity contribution in [1.82, 2.24) is 26.6 Å². The fraction of sp³-hybridized carbons (Fsp3) is 0.934. The molecule has 0 unspecified atom stereocenters. The number of hydrogen-bond donors (Lipinski definition) is 33. The van der Waals surface area contributed by atoms with Gasteiger partial charge in [-0.05, 0) is 13.8 Å². The predicted octanol–water partition coefficient (Wildman–Crippen LogP) is -22.2. The largest absolute Gasteiger partial charge is 0.394 e. The first-order valence-corrected chi connectivity index (χ1v) is 43.4. The van der Waals surface area contributed by atoms with E-state index in [0.29, 0.717) is 0 Å². The molecular formula is C76H127N5O54. The molecule has 5 amide bonds. The third-order valence-corrected chi connectivity index (χ3v) is 24.9. The van der Waals surface area contributed by atoms with Crippen LogP contribution in [0.4, 0.5) is 0 Å². The number of hydrogen-bond acceptors (Lipinski definition) is 54. The van der Waals surface area contributed by atoms with Crippen LogP contribution in [0.25, 0.3) is 0 Å². The van der Waals surface area contributed by atoms with Crippen molar-refractivity contribution < 1.29 is 266 Å². The maximum absolute atomic E-state index is 13.4. The molecule has 11 saturated heterocycles. The molecule has 11 fully saturated rings. The molecule has 11 heterocycles. The summed E-state index contributed by atoms with van der Waals surface area (Å²) in [5.41, 5.74) is 0. The van der Waals surface area contributed by atoms with E-state index in [9.17, 15) is 167 Å². The summed E-state index contributed by atoms with van der Waals surface area (Å²) in [7, 11) is 0. The van der Waals surface area contributed by atoms with Crippen molar-refractivity contribution in [2.45, 2.75) is 386 Å². The first-order valence-electron chi connectivity index (χ1n) is 43.4. The van der Waals surface area contributed by atoms with Gasteiger partial charge in [-0.15, -0.1) is 0 Å². The van der Waals surface area contributed by atoms with Gasteiger partial charge in [0, 0.05) is 34.6 Å². The Morgan fingerprint density at radius 3 is 0.837 bits per heavy atom. The summed E-state index contributed by atoms with van der Waals surface area (Å²) in [6.45, 7) is -2.66. The maximum Gasteiger partial charge on any atom is 0.217 e. The van der Waals surface area contributed by atoms with Crippen molar-refractivity contribution in [2.24, 2.45) is 0 Å². The fourth-order valence-corrected chi connectivity index (χ4v) is 17.6. The SMILES string of the molecule is CC(=O)N[C@@H]1[C@@H](O[C@@H]2O[C@H](CO[C@@H]3O[C@H](CO)[C@@H](O[C@@H]4O[C@H](CO)[C@H](O[C@H]5O[C@H](CO)[C@@H](O)[C@H](O)[C@H]5NC(C)=O)[C@H](O)[C@H]4O)[C@H](O)[C@H]3NC(C)=O)[C@H](O)[C@H](O[C@@H]3O[C@H](CO)[C@@H](O[C@@H]4O[C@H](CO)[C@H](O)[C@H](O)[C@H]4O[C@@H]4O[C@@H](C)[C@@H](O)[C@@H](O)[C@@H]4O)[C@H](O)[C@H]3NC(C)=O)[C@H]2O)[C@@H](O)[C@@H](CO[C@@H]2O[C@H](CO)[C@@H](O[C@@H]3O[C@H](CO)[C@H](O)[C@H](O)[C@H]3O[C@@H]3O[C@@H](C)[C@@H](O)[C@@H](O)[C@@H]3O)[C@H](O)[C@H]2NC(C)=O)O[C@@H]1O. The Labute approximate surface area is 765 Å². The molecule has 780 valence electrons. The van der Waals surface area contributed by atoms with E-state index >= 15 is 0 Å². The zero-order valence-corrected chi connectivity index (χ0v) is 73.3. The summed E-state index contributed by atoms with van der Waals surface area (Å²) in [4.78, 5) is 65.0. The molecule has 0 bridgehead atoms. The minimum absolute atomic E-state index is 0.790. The summed E-state index contributed by atoms with van der Waals surface area (Å²) in [5.74, 6) is -4.71. The van der Waals surface area contributed by atoms with Crippen molar-refractivity contribution in [1.29, 1.82) is 0 Å². The van der Waals surface area contributed by atoms with E-state index in [1.54, 1.807) is 0 Å². The van der Waals surface area contributed by atoms with E-state index < -0.39 is 426 Å². The molecule has 11 aliphatic rings. The molecule has 59 nitrogen and oxygen atoms in total. The summed E-state index contributed by atoms with van der Waals surface area (Å²) in [6, 6.07) is -9.54. The summed E-state index contributed by atoms with van der Waals surface area (Å²) < 4.78 is 125. The number of carbonyl (C=O) groups excluding carboxylic acids is 5. The highest BCUT2D eigenvalue weighted by Gasteiger charge is 2.63.